The molecule has 0 aromatic carbocycles. The van der Waals surface area contributed by atoms with E-state index in [1.54, 1.807) is 6.33 Å². The fraction of sp³-hybridized carbons (Fsp3) is 0.429. The maximum Gasteiger partial charge on any atom is 0.240 e. The van der Waals surface area contributed by atoms with Crippen molar-refractivity contribution in [3.63, 3.8) is 0 Å². The van der Waals surface area contributed by atoms with E-state index in [1.165, 1.54) is 6.33 Å². The summed E-state index contributed by atoms with van der Waals surface area (Å²) in [6.45, 7) is 1.29. The third-order valence-electron chi connectivity index (χ3n) is 4.09. The summed E-state index contributed by atoms with van der Waals surface area (Å²) in [5.41, 5.74) is 6.62. The molecule has 1 fully saturated rings. The summed E-state index contributed by atoms with van der Waals surface area (Å²) < 4.78 is 0. The third-order valence-corrected chi connectivity index (χ3v) is 4.09. The molecule has 0 spiro atoms. The highest BCUT2D eigenvalue weighted by Gasteiger charge is 2.31. The number of aromatic amines is 1. The highest BCUT2D eigenvalue weighted by atomic mass is 16.1. The molecule has 0 aliphatic carbocycles. The Kier molecular flexibility index (Phi) is 3.89. The molecule has 9 heteroatoms. The molecule has 0 radical (unpaired) electrons. The van der Waals surface area contributed by atoms with Gasteiger partial charge in [0.1, 0.15) is 11.8 Å². The Hall–Kier alpha value is -3.02. The Morgan fingerprint density at radius 3 is 3.09 bits per heavy atom. The number of carbonyl (C=O) groups is 1. The van der Waals surface area contributed by atoms with Crippen LogP contribution in [0.25, 0.3) is 11.2 Å². The van der Waals surface area contributed by atoms with Crippen molar-refractivity contribution >= 4 is 28.6 Å². The van der Waals surface area contributed by atoms with Crippen molar-refractivity contribution in [2.24, 2.45) is 17.6 Å². The number of carbonyl (C=O) groups excluding carboxylic acids is 1. The van der Waals surface area contributed by atoms with Crippen LogP contribution in [0.4, 0.5) is 5.82 Å². The molecule has 23 heavy (non-hydrogen) atoms. The van der Waals surface area contributed by atoms with Gasteiger partial charge in [-0.2, -0.15) is 5.26 Å². The molecule has 1 amide bonds. The van der Waals surface area contributed by atoms with Gasteiger partial charge in [-0.25, -0.2) is 15.0 Å². The lowest BCUT2D eigenvalue weighted by Gasteiger charge is -2.34. The van der Waals surface area contributed by atoms with Gasteiger partial charge in [0.25, 0.3) is 0 Å². The van der Waals surface area contributed by atoms with E-state index < -0.39 is 11.8 Å². The Balaban J connectivity index is 1.84. The fourth-order valence-electron chi connectivity index (χ4n) is 2.94. The van der Waals surface area contributed by atoms with Crippen LogP contribution in [0.5, 0.6) is 0 Å². The molecule has 3 heterocycles. The summed E-state index contributed by atoms with van der Waals surface area (Å²) >= 11 is 0. The lowest BCUT2D eigenvalue weighted by atomic mass is 9.86. The number of nitrogens with zero attached hydrogens (tertiary/aromatic N) is 5. The van der Waals surface area contributed by atoms with Crippen molar-refractivity contribution in [3.8, 4) is 6.07 Å². The van der Waals surface area contributed by atoms with Crippen LogP contribution < -0.4 is 10.6 Å². The SMILES string of the molecule is N#CC(C(=N)C1CCCN(c2ncnc3nc[nH]c23)C1)C(N)=O. The van der Waals surface area contributed by atoms with Gasteiger partial charge in [0.05, 0.1) is 12.4 Å². The number of aromatic nitrogens is 4. The van der Waals surface area contributed by atoms with Crippen LogP contribution >= 0.6 is 0 Å². The molecule has 2 aromatic heterocycles. The summed E-state index contributed by atoms with van der Waals surface area (Å²) in [6.07, 6.45) is 4.60. The van der Waals surface area contributed by atoms with Gasteiger partial charge in [-0.05, 0) is 12.8 Å². The van der Waals surface area contributed by atoms with Gasteiger partial charge in [-0.3, -0.25) is 4.79 Å². The van der Waals surface area contributed by atoms with Crippen molar-refractivity contribution in [3.05, 3.63) is 12.7 Å². The number of nitrogens with one attached hydrogen (secondary N) is 2. The van der Waals surface area contributed by atoms with Crippen LogP contribution in [0.3, 0.4) is 0 Å². The monoisotopic (exact) mass is 312 g/mol. The highest BCUT2D eigenvalue weighted by molar-refractivity contribution is 6.06. The first-order chi connectivity index (χ1) is 11.1. The Morgan fingerprint density at radius 2 is 2.35 bits per heavy atom. The molecule has 0 bridgehead atoms. The highest BCUT2D eigenvalue weighted by Crippen LogP contribution is 2.27. The number of amides is 1. The van der Waals surface area contributed by atoms with Gasteiger partial charge in [0.2, 0.25) is 5.91 Å². The summed E-state index contributed by atoms with van der Waals surface area (Å²) in [5, 5.41) is 17.2. The molecule has 2 aromatic rings. The average Bonchev–Trinajstić information content (AvgIpc) is 3.03. The fourth-order valence-corrected chi connectivity index (χ4v) is 2.94. The van der Waals surface area contributed by atoms with Crippen LogP contribution in [0.1, 0.15) is 12.8 Å². The van der Waals surface area contributed by atoms with Crippen molar-refractivity contribution in [1.29, 1.82) is 10.7 Å². The van der Waals surface area contributed by atoms with E-state index in [4.69, 9.17) is 16.4 Å². The second-order valence-electron chi connectivity index (χ2n) is 5.50. The molecule has 1 aliphatic rings. The van der Waals surface area contributed by atoms with E-state index in [1.807, 2.05) is 11.0 Å². The van der Waals surface area contributed by atoms with E-state index in [2.05, 4.69) is 19.9 Å². The zero-order valence-electron chi connectivity index (χ0n) is 12.4. The zero-order valence-corrected chi connectivity index (χ0v) is 12.4. The maximum absolute atomic E-state index is 11.3. The number of hydrogen-bond donors (Lipinski definition) is 3. The first kappa shape index (κ1) is 14.9. The lowest BCUT2D eigenvalue weighted by molar-refractivity contribution is -0.118. The topological polar surface area (TPSA) is 148 Å². The minimum atomic E-state index is -1.17. The minimum Gasteiger partial charge on any atom is -0.368 e. The van der Waals surface area contributed by atoms with Crippen LogP contribution in [-0.2, 0) is 4.79 Å². The summed E-state index contributed by atoms with van der Waals surface area (Å²) in [7, 11) is 0. The molecule has 4 N–H and O–H groups in total. The Labute approximate surface area is 132 Å². The zero-order chi connectivity index (χ0) is 16.4. The molecule has 9 nitrogen and oxygen atoms in total. The number of primary amides is 1. The second kappa shape index (κ2) is 6.00. The molecule has 1 aliphatic heterocycles. The van der Waals surface area contributed by atoms with Crippen LogP contribution in [-0.4, -0.2) is 44.6 Å². The number of nitrogens with two attached hydrogens (primary N) is 1. The lowest BCUT2D eigenvalue weighted by Crippen LogP contribution is -2.43. The van der Waals surface area contributed by atoms with E-state index in [9.17, 15) is 4.79 Å². The van der Waals surface area contributed by atoms with E-state index in [0.29, 0.717) is 12.2 Å². The maximum atomic E-state index is 11.3. The van der Waals surface area contributed by atoms with Crippen LogP contribution in [0.15, 0.2) is 12.7 Å². The predicted molar refractivity (Wildman–Crippen MR) is 82.6 cm³/mol. The standard InChI is InChI=1S/C14H16N8O/c15-4-9(12(17)23)10(16)8-2-1-3-22(5-8)14-11-13(19-6-18-11)20-7-21-14/h6-9,16H,1-3,5H2,(H2,17,23)(H,18,19,20,21). The van der Waals surface area contributed by atoms with Gasteiger partial charge in [-0.15, -0.1) is 0 Å². The summed E-state index contributed by atoms with van der Waals surface area (Å²) in [6, 6.07) is 1.82. The smallest absolute Gasteiger partial charge is 0.240 e. The molecule has 0 saturated carbocycles. The first-order valence-electron chi connectivity index (χ1n) is 7.28. The molecular weight excluding hydrogens is 296 g/mol. The van der Waals surface area contributed by atoms with Crippen molar-refractivity contribution in [2.75, 3.05) is 18.0 Å². The molecule has 3 rings (SSSR count). The normalized spacial score (nSPS) is 19.3. The van der Waals surface area contributed by atoms with Crippen LogP contribution in [0, 0.1) is 28.6 Å². The number of rotatable bonds is 4. The van der Waals surface area contributed by atoms with E-state index in [-0.39, 0.29) is 11.6 Å². The van der Waals surface area contributed by atoms with Gasteiger partial charge < -0.3 is 21.0 Å². The first-order valence-corrected chi connectivity index (χ1v) is 7.28. The Morgan fingerprint density at radius 1 is 1.52 bits per heavy atom. The second-order valence-corrected chi connectivity index (χ2v) is 5.50. The van der Waals surface area contributed by atoms with Crippen LogP contribution in [0.2, 0.25) is 0 Å². The number of hydrogen-bond acceptors (Lipinski definition) is 7. The predicted octanol–water partition coefficient (Wildman–Crippen LogP) is 0.214. The number of anilines is 1. The van der Waals surface area contributed by atoms with Crippen molar-refractivity contribution < 1.29 is 4.79 Å². The Bertz CT molecular complexity index is 791. The molecule has 118 valence electrons. The number of H-pyrrole nitrogens is 1. The summed E-state index contributed by atoms with van der Waals surface area (Å²) in [5.74, 6) is -1.42. The average molecular weight is 312 g/mol. The number of imidazole rings is 1. The van der Waals surface area contributed by atoms with Crippen molar-refractivity contribution in [2.45, 2.75) is 12.8 Å². The van der Waals surface area contributed by atoms with Crippen molar-refractivity contribution in [1.82, 2.24) is 19.9 Å². The minimum absolute atomic E-state index is 0.0830. The van der Waals surface area contributed by atoms with E-state index >= 15 is 0 Å². The number of fused-ring (bicyclic) bond motifs is 1. The molecular formula is C14H16N8O. The van der Waals surface area contributed by atoms with Gasteiger partial charge >= 0.3 is 0 Å². The van der Waals surface area contributed by atoms with Gasteiger partial charge in [-0.1, -0.05) is 0 Å². The number of nitriles is 1. The van der Waals surface area contributed by atoms with Gasteiger partial charge in [0, 0.05) is 24.7 Å². The quantitative estimate of drug-likeness (QED) is 0.687. The molecule has 1 saturated heterocycles. The van der Waals surface area contributed by atoms with Gasteiger partial charge in [0.15, 0.2) is 17.4 Å². The largest absolute Gasteiger partial charge is 0.368 e. The molecule has 2 unspecified atom stereocenters. The number of piperidine rings is 1. The molecule has 2 atom stereocenters. The summed E-state index contributed by atoms with van der Waals surface area (Å²) in [4.78, 5) is 28.9. The van der Waals surface area contributed by atoms with E-state index in [0.717, 1.165) is 30.7 Å². The third kappa shape index (κ3) is 2.70.